The van der Waals surface area contributed by atoms with E-state index in [0.29, 0.717) is 11.1 Å². The molecular weight excluding hydrogens is 186 g/mol. The summed E-state index contributed by atoms with van der Waals surface area (Å²) < 4.78 is 0. The molecule has 0 bridgehead atoms. The normalized spacial score (nSPS) is 9.43. The van der Waals surface area contributed by atoms with Crippen LogP contribution in [-0.4, -0.2) is 0 Å². The molecule has 0 atom stereocenters. The van der Waals surface area contributed by atoms with Gasteiger partial charge >= 0.3 is 0 Å². The summed E-state index contributed by atoms with van der Waals surface area (Å²) in [5, 5.41) is 8.08. The maximum absolute atomic E-state index is 10.3. The second-order valence-corrected chi connectivity index (χ2v) is 2.67. The van der Waals surface area contributed by atoms with Crippen molar-refractivity contribution in [1.82, 2.24) is 0 Å². The molecule has 1 aromatic carbocycles. The molecule has 0 radical (unpaired) electrons. The third kappa shape index (κ3) is 2.51. The summed E-state index contributed by atoms with van der Waals surface area (Å²) in [6.07, 6.45) is 0. The highest BCUT2D eigenvalue weighted by atomic mass is 16.3. The number of hydrogen-bond acceptors (Lipinski definition) is 6. The van der Waals surface area contributed by atoms with E-state index < -0.39 is 0 Å². The van der Waals surface area contributed by atoms with Gasteiger partial charge in [0.1, 0.15) is 18.8 Å². The Hall–Kier alpha value is -1.98. The maximum atomic E-state index is 10.3. The van der Waals surface area contributed by atoms with E-state index in [4.69, 9.17) is 0 Å². The van der Waals surface area contributed by atoms with Crippen LogP contribution in [0, 0.1) is 14.7 Å². The lowest BCUT2D eigenvalue weighted by Crippen LogP contribution is -1.86. The lowest BCUT2D eigenvalue weighted by atomic mass is 10.1. The minimum atomic E-state index is -0.0464. The van der Waals surface area contributed by atoms with Crippen LogP contribution in [0.3, 0.4) is 0 Å². The van der Waals surface area contributed by atoms with Gasteiger partial charge in [0.2, 0.25) is 0 Å². The Morgan fingerprint density at radius 2 is 1.36 bits per heavy atom. The molecule has 0 aliphatic heterocycles. The summed E-state index contributed by atoms with van der Waals surface area (Å²) in [6, 6.07) is 4.49. The van der Waals surface area contributed by atoms with Gasteiger partial charge in [-0.3, -0.25) is 0 Å². The molecule has 0 fully saturated rings. The Bertz CT molecular complexity index is 337. The molecule has 72 valence electrons. The predicted molar refractivity (Wildman–Crippen MR) is 50.9 cm³/mol. The van der Waals surface area contributed by atoms with Crippen molar-refractivity contribution in [2.24, 2.45) is 15.5 Å². The molecule has 0 aromatic heterocycles. The van der Waals surface area contributed by atoms with Gasteiger partial charge in [0, 0.05) is 0 Å². The SMILES string of the molecule is O=NCc1cc(CN=O)cc(N=O)c1. The quantitative estimate of drug-likeness (QED) is 0.673. The summed E-state index contributed by atoms with van der Waals surface area (Å²) in [5.41, 5.74) is 1.27. The Kier molecular flexibility index (Phi) is 3.54. The largest absolute Gasteiger partial charge is 0.150 e. The second-order valence-electron chi connectivity index (χ2n) is 2.67. The van der Waals surface area contributed by atoms with Crippen molar-refractivity contribution in [3.63, 3.8) is 0 Å². The molecule has 0 spiro atoms. The first-order valence-corrected chi connectivity index (χ1v) is 3.84. The van der Waals surface area contributed by atoms with Crippen LogP contribution in [0.1, 0.15) is 11.1 Å². The number of nitroso groups, excluding NO2 is 3. The first kappa shape index (κ1) is 10.1. The van der Waals surface area contributed by atoms with Gasteiger partial charge < -0.3 is 0 Å². The van der Waals surface area contributed by atoms with Crippen molar-refractivity contribution >= 4 is 5.69 Å². The third-order valence-corrected chi connectivity index (χ3v) is 1.64. The van der Waals surface area contributed by atoms with Crippen molar-refractivity contribution in [1.29, 1.82) is 0 Å². The highest BCUT2D eigenvalue weighted by Crippen LogP contribution is 2.18. The van der Waals surface area contributed by atoms with Crippen LogP contribution in [0.15, 0.2) is 33.7 Å². The molecule has 1 rings (SSSR count). The molecule has 1 aromatic rings. The summed E-state index contributed by atoms with van der Waals surface area (Å²) in [6.45, 7) is -0.0928. The van der Waals surface area contributed by atoms with Gasteiger partial charge in [0.05, 0.1) is 0 Å². The highest BCUT2D eigenvalue weighted by Gasteiger charge is 2.01. The van der Waals surface area contributed by atoms with Crippen LogP contribution in [0.4, 0.5) is 5.69 Å². The van der Waals surface area contributed by atoms with Gasteiger partial charge in [0.15, 0.2) is 0 Å². The van der Waals surface area contributed by atoms with Gasteiger partial charge in [-0.25, -0.2) is 0 Å². The molecule has 6 nitrogen and oxygen atoms in total. The molecule has 0 saturated carbocycles. The lowest BCUT2D eigenvalue weighted by Gasteiger charge is -1.99. The van der Waals surface area contributed by atoms with Gasteiger partial charge in [0.25, 0.3) is 0 Å². The van der Waals surface area contributed by atoms with E-state index in [9.17, 15) is 14.7 Å². The van der Waals surface area contributed by atoms with E-state index in [1.165, 1.54) is 12.1 Å². The van der Waals surface area contributed by atoms with Crippen LogP contribution in [0.5, 0.6) is 0 Å². The van der Waals surface area contributed by atoms with Crippen molar-refractivity contribution in [3.8, 4) is 0 Å². The molecule has 0 heterocycles. The van der Waals surface area contributed by atoms with Gasteiger partial charge in [-0.15, -0.1) is 4.91 Å². The van der Waals surface area contributed by atoms with Crippen LogP contribution in [0.2, 0.25) is 0 Å². The number of hydrogen-bond donors (Lipinski definition) is 0. The minimum Gasteiger partial charge on any atom is -0.150 e. The topological polar surface area (TPSA) is 88.3 Å². The highest BCUT2D eigenvalue weighted by molar-refractivity contribution is 5.44. The molecule has 0 aliphatic carbocycles. The third-order valence-electron chi connectivity index (χ3n) is 1.64. The fourth-order valence-corrected chi connectivity index (χ4v) is 1.13. The Morgan fingerprint density at radius 3 is 1.71 bits per heavy atom. The zero-order valence-electron chi connectivity index (χ0n) is 7.21. The van der Waals surface area contributed by atoms with Crippen LogP contribution in [0.25, 0.3) is 0 Å². The summed E-state index contributed by atoms with van der Waals surface area (Å²) in [7, 11) is 0. The van der Waals surface area contributed by atoms with Crippen molar-refractivity contribution < 1.29 is 0 Å². The van der Waals surface area contributed by atoms with Gasteiger partial charge in [-0.2, -0.15) is 9.81 Å². The van der Waals surface area contributed by atoms with Gasteiger partial charge in [-0.1, -0.05) is 16.4 Å². The average molecular weight is 193 g/mol. The molecule has 0 amide bonds. The second kappa shape index (κ2) is 4.90. The predicted octanol–water partition coefficient (Wildman–Crippen LogP) is 2.62. The Balaban J connectivity index is 3.05. The van der Waals surface area contributed by atoms with Crippen molar-refractivity contribution in [2.75, 3.05) is 0 Å². The van der Waals surface area contributed by atoms with E-state index in [-0.39, 0.29) is 18.8 Å². The first-order valence-electron chi connectivity index (χ1n) is 3.84. The van der Waals surface area contributed by atoms with E-state index >= 15 is 0 Å². The first-order chi connectivity index (χ1) is 6.80. The van der Waals surface area contributed by atoms with E-state index in [1.54, 1.807) is 6.07 Å². The zero-order chi connectivity index (χ0) is 10.4. The molecule has 0 saturated heterocycles. The zero-order valence-corrected chi connectivity index (χ0v) is 7.21. The van der Waals surface area contributed by atoms with E-state index in [0.717, 1.165) is 0 Å². The Labute approximate surface area is 79.2 Å². The molecule has 0 unspecified atom stereocenters. The van der Waals surface area contributed by atoms with E-state index in [1.807, 2.05) is 0 Å². The minimum absolute atomic E-state index is 0.0464. The maximum Gasteiger partial charge on any atom is 0.108 e. The average Bonchev–Trinajstić information content (AvgIpc) is 2.18. The summed E-state index contributed by atoms with van der Waals surface area (Å²) in [4.78, 5) is 30.3. The monoisotopic (exact) mass is 193 g/mol. The fourth-order valence-electron chi connectivity index (χ4n) is 1.13. The van der Waals surface area contributed by atoms with Crippen LogP contribution >= 0.6 is 0 Å². The van der Waals surface area contributed by atoms with Crippen LogP contribution < -0.4 is 0 Å². The summed E-state index contributed by atoms with van der Waals surface area (Å²) in [5.74, 6) is 0. The standard InChI is InChI=1S/C8H7N3O3/c12-9-4-6-1-7(5-10-13)3-8(2-6)11-14/h1-3H,4-5H2. The van der Waals surface area contributed by atoms with E-state index in [2.05, 4.69) is 15.5 Å². The number of benzene rings is 1. The molecule has 0 N–H and O–H groups in total. The molecule has 14 heavy (non-hydrogen) atoms. The molecule has 6 heteroatoms. The fraction of sp³-hybridized carbons (Fsp3) is 0.250. The summed E-state index contributed by atoms with van der Waals surface area (Å²) >= 11 is 0. The molecular formula is C8H7N3O3. The van der Waals surface area contributed by atoms with Crippen molar-refractivity contribution in [2.45, 2.75) is 13.1 Å². The number of nitrogens with zero attached hydrogens (tertiary/aromatic N) is 3. The van der Waals surface area contributed by atoms with Crippen LogP contribution in [-0.2, 0) is 13.1 Å². The van der Waals surface area contributed by atoms with Gasteiger partial charge in [-0.05, 0) is 28.4 Å². The van der Waals surface area contributed by atoms with Crippen molar-refractivity contribution in [3.05, 3.63) is 44.0 Å². The molecule has 0 aliphatic rings. The smallest absolute Gasteiger partial charge is 0.108 e. The Morgan fingerprint density at radius 1 is 0.857 bits per heavy atom. The number of rotatable bonds is 5. The lowest BCUT2D eigenvalue weighted by molar-refractivity contribution is 1.01.